The molecule has 0 amide bonds. The molecule has 1 aromatic heterocycles. The number of furan rings is 1. The molecule has 3 N–H and O–H groups in total. The Morgan fingerprint density at radius 2 is 1.69 bits per heavy atom. The predicted octanol–water partition coefficient (Wildman–Crippen LogP) is 3.90. The summed E-state index contributed by atoms with van der Waals surface area (Å²) in [7, 11) is -6.60. The third kappa shape index (κ3) is 6.33. The molecule has 0 aliphatic carbocycles. The number of allylic oxidation sites excluding steroid dienone is 2. The van der Waals surface area contributed by atoms with Crippen molar-refractivity contribution in [1.29, 1.82) is 0 Å². The molecule has 2 aliphatic heterocycles. The number of nitrogens with zero attached hydrogens (tertiary/aromatic N) is 1. The molecule has 39 heavy (non-hydrogen) atoms. The zero-order valence-corrected chi connectivity index (χ0v) is 22.8. The third-order valence-corrected chi connectivity index (χ3v) is 8.85. The number of rotatable bonds is 10. The van der Waals surface area contributed by atoms with Gasteiger partial charge >= 0.3 is 0 Å². The summed E-state index contributed by atoms with van der Waals surface area (Å²) in [6.45, 7) is 0.859. The van der Waals surface area contributed by atoms with Gasteiger partial charge in [-0.25, -0.2) is 16.8 Å². The highest BCUT2D eigenvalue weighted by molar-refractivity contribution is 7.91. The topological polar surface area (TPSA) is 121 Å². The lowest BCUT2D eigenvalue weighted by molar-refractivity contribution is 0.565. The highest BCUT2D eigenvalue weighted by Gasteiger charge is 2.21. The van der Waals surface area contributed by atoms with E-state index in [1.807, 2.05) is 41.8 Å². The van der Waals surface area contributed by atoms with E-state index >= 15 is 0 Å². The number of hydrogen-bond donors (Lipinski definition) is 3. The molecule has 0 saturated heterocycles. The van der Waals surface area contributed by atoms with Crippen molar-refractivity contribution in [2.45, 2.75) is 16.3 Å². The van der Waals surface area contributed by atoms with Gasteiger partial charge in [-0.1, -0.05) is 18.2 Å². The van der Waals surface area contributed by atoms with E-state index in [0.29, 0.717) is 19.0 Å². The molecule has 5 rings (SSSR count). The molecule has 0 fully saturated rings. The predicted molar refractivity (Wildman–Crippen MR) is 151 cm³/mol. The van der Waals surface area contributed by atoms with Crippen molar-refractivity contribution in [3.63, 3.8) is 0 Å². The lowest BCUT2D eigenvalue weighted by Crippen LogP contribution is -2.21. The van der Waals surface area contributed by atoms with Gasteiger partial charge in [-0.2, -0.15) is 0 Å². The van der Waals surface area contributed by atoms with Crippen molar-refractivity contribution < 1.29 is 21.3 Å². The lowest BCUT2D eigenvalue weighted by Gasteiger charge is -2.26. The molecule has 9 nitrogen and oxygen atoms in total. The number of hydrogen-bond acceptors (Lipinski definition) is 9. The third-order valence-electron chi connectivity index (χ3n) is 6.12. The maximum absolute atomic E-state index is 12.9. The Labute approximate surface area is 228 Å². The quantitative estimate of drug-likeness (QED) is 0.315. The Balaban J connectivity index is 1.27. The summed E-state index contributed by atoms with van der Waals surface area (Å²) in [6.07, 6.45) is 12.4. The van der Waals surface area contributed by atoms with Gasteiger partial charge in [-0.05, 0) is 42.5 Å². The second kappa shape index (κ2) is 11.0. The van der Waals surface area contributed by atoms with Gasteiger partial charge < -0.3 is 20.4 Å². The van der Waals surface area contributed by atoms with Gasteiger partial charge in [0.25, 0.3) is 0 Å². The van der Waals surface area contributed by atoms with Crippen LogP contribution in [0.25, 0.3) is 0 Å². The highest BCUT2D eigenvalue weighted by atomic mass is 32.2. The summed E-state index contributed by atoms with van der Waals surface area (Å²) in [4.78, 5) is 2.34. The van der Waals surface area contributed by atoms with E-state index in [2.05, 4.69) is 16.0 Å². The second-order valence-corrected chi connectivity index (χ2v) is 13.4. The zero-order chi connectivity index (χ0) is 27.5. The first kappa shape index (κ1) is 26.5. The molecule has 3 aromatic rings. The molecule has 11 heteroatoms. The number of anilines is 2. The molecule has 202 valence electrons. The number of dihydropyridines is 1. The van der Waals surface area contributed by atoms with E-state index in [4.69, 9.17) is 4.42 Å². The van der Waals surface area contributed by atoms with E-state index in [-0.39, 0.29) is 15.5 Å². The van der Waals surface area contributed by atoms with Crippen LogP contribution in [0.3, 0.4) is 0 Å². The molecule has 0 saturated carbocycles. The van der Waals surface area contributed by atoms with Crippen LogP contribution in [0.1, 0.15) is 5.56 Å². The average molecular weight is 565 g/mol. The molecule has 0 radical (unpaired) electrons. The van der Waals surface area contributed by atoms with Gasteiger partial charge in [0.15, 0.2) is 0 Å². The maximum atomic E-state index is 12.9. The van der Waals surface area contributed by atoms with E-state index in [1.165, 1.54) is 6.26 Å². The van der Waals surface area contributed by atoms with E-state index in [0.717, 1.165) is 28.1 Å². The molecule has 0 atom stereocenters. The summed E-state index contributed by atoms with van der Waals surface area (Å²) < 4.78 is 54.2. The summed E-state index contributed by atoms with van der Waals surface area (Å²) in [5.41, 5.74) is 4.32. The van der Waals surface area contributed by atoms with Crippen LogP contribution in [0, 0.1) is 0 Å². The van der Waals surface area contributed by atoms with E-state index in [9.17, 15) is 16.8 Å². The zero-order valence-electron chi connectivity index (χ0n) is 21.2. The Bertz CT molecular complexity index is 1690. The minimum absolute atomic E-state index is 0.0789. The van der Waals surface area contributed by atoms with Crippen LogP contribution in [-0.2, 0) is 26.2 Å². The minimum atomic E-state index is -3.59. The monoisotopic (exact) mass is 564 g/mol. The fraction of sp³-hybridized carbons (Fsp3) is 0.143. The number of benzene rings is 2. The van der Waals surface area contributed by atoms with Crippen LogP contribution in [-0.4, -0.2) is 35.4 Å². The number of fused-ring (bicyclic) bond motifs is 1. The molecule has 0 unspecified atom stereocenters. The molecular formula is C28H28N4O5S2. The van der Waals surface area contributed by atoms with Crippen LogP contribution >= 0.6 is 0 Å². The highest BCUT2D eigenvalue weighted by Crippen LogP contribution is 2.32. The molecule has 0 spiro atoms. The first-order chi connectivity index (χ1) is 18.7. The minimum Gasteiger partial charge on any atom is -0.448 e. The van der Waals surface area contributed by atoms with Crippen LogP contribution in [0.5, 0.6) is 0 Å². The smallest absolute Gasteiger partial charge is 0.206 e. The van der Waals surface area contributed by atoms with Crippen LogP contribution in [0.2, 0.25) is 0 Å². The molecule has 2 aromatic carbocycles. The normalized spacial score (nSPS) is 15.1. The summed E-state index contributed by atoms with van der Waals surface area (Å²) in [6, 6.07) is 16.9. The summed E-state index contributed by atoms with van der Waals surface area (Å²) in [5, 5.41) is 9.62. The van der Waals surface area contributed by atoms with Crippen molar-refractivity contribution in [3.05, 3.63) is 120 Å². The van der Waals surface area contributed by atoms with Gasteiger partial charge in [-0.15, -0.1) is 0 Å². The SMILES string of the molecule is CS(=O)(=O)CCNCc1coc(N2C=CC3=CNC=C(Nc4ccc(S(=O)(=O)c5ccccc5)cc4)C3=C2)c1. The average Bonchev–Trinajstić information content (AvgIpc) is 3.40. The number of sulfone groups is 2. The molecule has 2 aliphatic rings. The lowest BCUT2D eigenvalue weighted by atomic mass is 10.0. The van der Waals surface area contributed by atoms with Crippen LogP contribution in [0.15, 0.2) is 129 Å². The van der Waals surface area contributed by atoms with Crippen LogP contribution < -0.4 is 20.9 Å². The van der Waals surface area contributed by atoms with Crippen molar-refractivity contribution in [1.82, 2.24) is 10.6 Å². The first-order valence-electron chi connectivity index (χ1n) is 12.2. The molecule has 0 bridgehead atoms. The fourth-order valence-corrected chi connectivity index (χ4v) is 5.88. The first-order valence-corrected chi connectivity index (χ1v) is 15.7. The van der Waals surface area contributed by atoms with Crippen LogP contribution in [0.4, 0.5) is 11.6 Å². The van der Waals surface area contributed by atoms with E-state index in [1.54, 1.807) is 60.9 Å². The largest absolute Gasteiger partial charge is 0.448 e. The van der Waals surface area contributed by atoms with Crippen molar-refractivity contribution in [2.24, 2.45) is 0 Å². The maximum Gasteiger partial charge on any atom is 0.206 e. The van der Waals surface area contributed by atoms with Gasteiger partial charge in [0.05, 0.1) is 27.5 Å². The van der Waals surface area contributed by atoms with Crippen molar-refractivity contribution in [2.75, 3.05) is 28.8 Å². The second-order valence-electron chi connectivity index (χ2n) is 9.16. The van der Waals surface area contributed by atoms with Gasteiger partial charge in [0.2, 0.25) is 15.7 Å². The van der Waals surface area contributed by atoms with Gasteiger partial charge in [0, 0.05) is 72.6 Å². The van der Waals surface area contributed by atoms with Gasteiger partial charge in [-0.3, -0.25) is 4.90 Å². The Kier molecular flexibility index (Phi) is 7.47. The van der Waals surface area contributed by atoms with Gasteiger partial charge in [0.1, 0.15) is 9.84 Å². The fourth-order valence-electron chi connectivity index (χ4n) is 4.08. The van der Waals surface area contributed by atoms with E-state index < -0.39 is 19.7 Å². The summed E-state index contributed by atoms with van der Waals surface area (Å²) in [5.74, 6) is 0.696. The Morgan fingerprint density at radius 3 is 2.44 bits per heavy atom. The molecular weight excluding hydrogens is 536 g/mol. The van der Waals surface area contributed by atoms with Crippen molar-refractivity contribution >= 4 is 31.2 Å². The standard InChI is InChI=1S/C28H28N4O5S2/c1-38(33,34)14-12-29-16-21-15-28(37-20-21)32-13-11-22-17-30-18-27(26(22)19-32)31-23-7-9-25(10-8-23)39(35,36)24-5-3-2-4-6-24/h2-11,13,15,17-20,29-31H,12,14,16H2,1H3. The number of nitrogens with one attached hydrogen (secondary N) is 3. The molecule has 3 heterocycles. The Morgan fingerprint density at radius 1 is 0.949 bits per heavy atom. The van der Waals surface area contributed by atoms with Crippen molar-refractivity contribution in [3.8, 4) is 0 Å². The Hall–Kier alpha value is -4.06. The summed E-state index contributed by atoms with van der Waals surface area (Å²) >= 11 is 0.